The van der Waals surface area contributed by atoms with Crippen LogP contribution < -0.4 is 0 Å². The van der Waals surface area contributed by atoms with Crippen molar-refractivity contribution in [2.75, 3.05) is 26.2 Å². The third-order valence-electron chi connectivity index (χ3n) is 4.86. The molecular weight excluding hydrogens is 290 g/mol. The second-order valence-electron chi connectivity index (χ2n) is 6.32. The van der Waals surface area contributed by atoms with Gasteiger partial charge in [-0.05, 0) is 31.5 Å². The maximum atomic E-state index is 12.7. The molecule has 1 aromatic heterocycles. The van der Waals surface area contributed by atoms with Gasteiger partial charge in [0.2, 0.25) is 0 Å². The van der Waals surface area contributed by atoms with E-state index >= 15 is 0 Å². The van der Waals surface area contributed by atoms with E-state index in [1.165, 1.54) is 25.8 Å². The van der Waals surface area contributed by atoms with Gasteiger partial charge in [-0.15, -0.1) is 5.10 Å². The number of carbonyl (C=O) groups is 1. The zero-order chi connectivity index (χ0) is 15.6. The fourth-order valence-electron chi connectivity index (χ4n) is 3.57. The van der Waals surface area contributed by atoms with Crippen LogP contribution in [0.15, 0.2) is 36.5 Å². The van der Waals surface area contributed by atoms with Crippen LogP contribution in [0.4, 0.5) is 0 Å². The van der Waals surface area contributed by atoms with Gasteiger partial charge in [0.15, 0.2) is 5.69 Å². The topological polar surface area (TPSA) is 54.3 Å². The molecule has 1 amide bonds. The highest BCUT2D eigenvalue weighted by molar-refractivity contribution is 5.92. The van der Waals surface area contributed by atoms with Gasteiger partial charge in [-0.1, -0.05) is 29.8 Å². The van der Waals surface area contributed by atoms with E-state index in [0.717, 1.165) is 25.3 Å². The van der Waals surface area contributed by atoms with Crippen LogP contribution in [0.2, 0.25) is 0 Å². The molecule has 0 spiro atoms. The molecule has 0 N–H and O–H groups in total. The lowest BCUT2D eigenvalue weighted by atomic mass is 9.99. The first-order valence-electron chi connectivity index (χ1n) is 8.32. The second kappa shape index (κ2) is 6.12. The molecule has 2 aliphatic rings. The summed E-state index contributed by atoms with van der Waals surface area (Å²) < 4.78 is 1.66. The summed E-state index contributed by atoms with van der Waals surface area (Å²) in [5.41, 5.74) is 1.34. The van der Waals surface area contributed by atoms with E-state index in [-0.39, 0.29) is 5.91 Å². The maximum absolute atomic E-state index is 12.7. The summed E-state index contributed by atoms with van der Waals surface area (Å²) in [6.07, 6.45) is 5.48. The molecule has 1 aromatic carbocycles. The SMILES string of the molecule is O=C(c1cn(-c2ccccc2)nn1)N1CCN2CCCC[C@@H]2C1. The molecule has 0 aliphatic carbocycles. The normalized spacial score (nSPS) is 21.9. The highest BCUT2D eigenvalue weighted by Gasteiger charge is 2.32. The minimum atomic E-state index is -0.00240. The summed E-state index contributed by atoms with van der Waals surface area (Å²) in [5, 5.41) is 8.17. The number of fused-ring (bicyclic) bond motifs is 1. The molecule has 0 saturated carbocycles. The van der Waals surface area contributed by atoms with Crippen molar-refractivity contribution < 1.29 is 4.79 Å². The number of piperidine rings is 1. The van der Waals surface area contributed by atoms with Crippen LogP contribution in [-0.4, -0.2) is 62.9 Å². The molecule has 6 nitrogen and oxygen atoms in total. The zero-order valence-corrected chi connectivity index (χ0v) is 13.1. The molecule has 2 fully saturated rings. The van der Waals surface area contributed by atoms with E-state index in [0.29, 0.717) is 11.7 Å². The maximum Gasteiger partial charge on any atom is 0.276 e. The van der Waals surface area contributed by atoms with Crippen molar-refractivity contribution in [3.05, 3.63) is 42.2 Å². The number of hydrogen-bond acceptors (Lipinski definition) is 4. The smallest absolute Gasteiger partial charge is 0.276 e. The van der Waals surface area contributed by atoms with Crippen LogP contribution >= 0.6 is 0 Å². The van der Waals surface area contributed by atoms with E-state index in [2.05, 4.69) is 15.2 Å². The van der Waals surface area contributed by atoms with E-state index in [4.69, 9.17) is 0 Å². The molecule has 120 valence electrons. The molecule has 6 heteroatoms. The monoisotopic (exact) mass is 311 g/mol. The molecule has 4 rings (SSSR count). The standard InChI is InChI=1S/C17H21N5O/c23-17(21-11-10-20-9-5-4-8-15(20)12-21)16-13-22(19-18-16)14-6-2-1-3-7-14/h1-3,6-7,13,15H,4-5,8-12H2/t15-/m1/s1. The molecule has 0 unspecified atom stereocenters. The Morgan fingerprint density at radius 2 is 1.96 bits per heavy atom. The van der Waals surface area contributed by atoms with Crippen LogP contribution in [0.3, 0.4) is 0 Å². The van der Waals surface area contributed by atoms with Gasteiger partial charge in [0, 0.05) is 25.7 Å². The second-order valence-corrected chi connectivity index (χ2v) is 6.32. The lowest BCUT2D eigenvalue weighted by Gasteiger charge is -2.43. The molecule has 2 aromatic rings. The number of nitrogens with zero attached hydrogens (tertiary/aromatic N) is 5. The van der Waals surface area contributed by atoms with E-state index in [1.54, 1.807) is 10.9 Å². The quantitative estimate of drug-likeness (QED) is 0.845. The van der Waals surface area contributed by atoms with Crippen molar-refractivity contribution in [1.29, 1.82) is 0 Å². The van der Waals surface area contributed by atoms with Gasteiger partial charge in [0.1, 0.15) is 0 Å². The number of carbonyl (C=O) groups excluding carboxylic acids is 1. The van der Waals surface area contributed by atoms with Crippen molar-refractivity contribution in [2.24, 2.45) is 0 Å². The first kappa shape index (κ1) is 14.4. The third kappa shape index (κ3) is 2.86. The molecule has 1 atom stereocenters. The van der Waals surface area contributed by atoms with E-state index in [9.17, 15) is 4.79 Å². The summed E-state index contributed by atoms with van der Waals surface area (Å²) in [7, 11) is 0. The minimum Gasteiger partial charge on any atom is -0.334 e. The lowest BCUT2D eigenvalue weighted by molar-refractivity contribution is 0.0368. The first-order chi connectivity index (χ1) is 11.3. The van der Waals surface area contributed by atoms with Crippen molar-refractivity contribution in [3.63, 3.8) is 0 Å². The Labute approximate surface area is 135 Å². The minimum absolute atomic E-state index is 0.00240. The largest absolute Gasteiger partial charge is 0.334 e. The highest BCUT2D eigenvalue weighted by atomic mass is 16.2. The molecule has 2 saturated heterocycles. The molecule has 0 radical (unpaired) electrons. The van der Waals surface area contributed by atoms with Crippen molar-refractivity contribution >= 4 is 5.91 Å². The molecule has 3 heterocycles. The average molecular weight is 311 g/mol. The number of hydrogen-bond donors (Lipinski definition) is 0. The fourth-order valence-corrected chi connectivity index (χ4v) is 3.57. The summed E-state index contributed by atoms with van der Waals surface area (Å²) in [6.45, 7) is 3.75. The Kier molecular flexibility index (Phi) is 3.83. The van der Waals surface area contributed by atoms with Crippen LogP contribution in [-0.2, 0) is 0 Å². The van der Waals surface area contributed by atoms with Crippen LogP contribution in [0, 0.1) is 0 Å². The van der Waals surface area contributed by atoms with E-state index < -0.39 is 0 Å². The molecule has 2 aliphatic heterocycles. The van der Waals surface area contributed by atoms with Gasteiger partial charge >= 0.3 is 0 Å². The van der Waals surface area contributed by atoms with Gasteiger partial charge in [0.05, 0.1) is 11.9 Å². The first-order valence-corrected chi connectivity index (χ1v) is 8.32. The number of rotatable bonds is 2. The Bertz CT molecular complexity index is 683. The molecular formula is C17H21N5O. The Hall–Kier alpha value is -2.21. The number of aromatic nitrogens is 3. The van der Waals surface area contributed by atoms with Crippen LogP contribution in [0.25, 0.3) is 5.69 Å². The summed E-state index contributed by atoms with van der Waals surface area (Å²) in [5.74, 6) is -0.00240. The summed E-state index contributed by atoms with van der Waals surface area (Å²) >= 11 is 0. The van der Waals surface area contributed by atoms with Gasteiger partial charge in [-0.3, -0.25) is 9.69 Å². The zero-order valence-electron chi connectivity index (χ0n) is 13.1. The predicted octanol–water partition coefficient (Wildman–Crippen LogP) is 1.58. The van der Waals surface area contributed by atoms with Gasteiger partial charge in [0.25, 0.3) is 5.91 Å². The Morgan fingerprint density at radius 1 is 1.09 bits per heavy atom. The third-order valence-corrected chi connectivity index (χ3v) is 4.86. The number of para-hydroxylation sites is 1. The Morgan fingerprint density at radius 3 is 2.83 bits per heavy atom. The number of piperazine rings is 1. The summed E-state index contributed by atoms with van der Waals surface area (Å²) in [4.78, 5) is 17.2. The van der Waals surface area contributed by atoms with Crippen LogP contribution in [0.5, 0.6) is 0 Å². The fraction of sp³-hybridized carbons (Fsp3) is 0.471. The highest BCUT2D eigenvalue weighted by Crippen LogP contribution is 2.22. The van der Waals surface area contributed by atoms with Gasteiger partial charge in [-0.25, -0.2) is 4.68 Å². The molecule has 0 bridgehead atoms. The van der Waals surface area contributed by atoms with E-state index in [1.807, 2.05) is 35.2 Å². The van der Waals surface area contributed by atoms with Gasteiger partial charge in [-0.2, -0.15) is 0 Å². The van der Waals surface area contributed by atoms with Crippen LogP contribution in [0.1, 0.15) is 29.8 Å². The number of benzene rings is 1. The van der Waals surface area contributed by atoms with Crippen molar-refractivity contribution in [2.45, 2.75) is 25.3 Å². The van der Waals surface area contributed by atoms with Gasteiger partial charge < -0.3 is 4.90 Å². The lowest BCUT2D eigenvalue weighted by Crippen LogP contribution is -2.56. The summed E-state index contributed by atoms with van der Waals surface area (Å²) in [6, 6.07) is 10.3. The number of amides is 1. The van der Waals surface area contributed by atoms with Crippen molar-refractivity contribution in [3.8, 4) is 5.69 Å². The average Bonchev–Trinajstić information content (AvgIpc) is 3.11. The van der Waals surface area contributed by atoms with Crippen molar-refractivity contribution in [1.82, 2.24) is 24.8 Å². The Balaban J connectivity index is 1.48. The molecule has 23 heavy (non-hydrogen) atoms. The predicted molar refractivity (Wildman–Crippen MR) is 86.5 cm³/mol.